The van der Waals surface area contributed by atoms with Crippen LogP contribution >= 0.6 is 15.9 Å². The molecular formula is C18H20BrN. The van der Waals surface area contributed by atoms with Crippen LogP contribution in [-0.2, 0) is 6.42 Å². The van der Waals surface area contributed by atoms with E-state index in [1.165, 1.54) is 28.4 Å². The molecule has 2 aromatic carbocycles. The van der Waals surface area contributed by atoms with Gasteiger partial charge in [-0.1, -0.05) is 65.3 Å². The molecule has 0 saturated heterocycles. The summed E-state index contributed by atoms with van der Waals surface area (Å²) < 4.78 is 1.21. The van der Waals surface area contributed by atoms with Gasteiger partial charge in [-0.2, -0.15) is 0 Å². The Balaban J connectivity index is 1.78. The van der Waals surface area contributed by atoms with Crippen LogP contribution in [0.2, 0.25) is 0 Å². The molecular weight excluding hydrogens is 310 g/mol. The lowest BCUT2D eigenvalue weighted by Gasteiger charge is -2.33. The Hall–Kier alpha value is -1.12. The molecule has 1 aliphatic rings. The molecule has 0 amide bonds. The Morgan fingerprint density at radius 3 is 2.65 bits per heavy atom. The molecule has 0 radical (unpaired) electrons. The summed E-state index contributed by atoms with van der Waals surface area (Å²) >= 11 is 3.69. The molecule has 104 valence electrons. The van der Waals surface area contributed by atoms with E-state index in [0.29, 0.717) is 12.0 Å². The van der Waals surface area contributed by atoms with Crippen LogP contribution in [0.5, 0.6) is 0 Å². The largest absolute Gasteiger partial charge is 0.310 e. The molecule has 0 bridgehead atoms. The van der Waals surface area contributed by atoms with Crippen LogP contribution in [0.25, 0.3) is 0 Å². The molecule has 0 fully saturated rings. The first-order valence-electron chi connectivity index (χ1n) is 7.35. The zero-order valence-corrected chi connectivity index (χ0v) is 13.4. The first-order valence-corrected chi connectivity index (χ1v) is 8.14. The molecule has 0 saturated carbocycles. The number of nitrogens with one attached hydrogen (secondary N) is 1. The van der Waals surface area contributed by atoms with Gasteiger partial charge in [-0.3, -0.25) is 0 Å². The van der Waals surface area contributed by atoms with Crippen LogP contribution < -0.4 is 5.32 Å². The van der Waals surface area contributed by atoms with Crippen molar-refractivity contribution in [2.24, 2.45) is 0 Å². The standard InChI is InChI=1S/C18H20BrN/c1-2-20-18(16-9-5-6-10-17(16)19)12-14-11-13-7-3-4-8-15(13)14/h3-10,14,18,20H,2,11-12H2,1H3. The van der Waals surface area contributed by atoms with Gasteiger partial charge in [0.25, 0.3) is 0 Å². The van der Waals surface area contributed by atoms with Gasteiger partial charge < -0.3 is 5.32 Å². The van der Waals surface area contributed by atoms with Gasteiger partial charge in [0.1, 0.15) is 0 Å². The van der Waals surface area contributed by atoms with Crippen LogP contribution in [-0.4, -0.2) is 6.54 Å². The van der Waals surface area contributed by atoms with Gasteiger partial charge in [0.15, 0.2) is 0 Å². The zero-order valence-electron chi connectivity index (χ0n) is 11.8. The average Bonchev–Trinajstić information content (AvgIpc) is 2.44. The van der Waals surface area contributed by atoms with Crippen molar-refractivity contribution in [1.29, 1.82) is 0 Å². The summed E-state index contributed by atoms with van der Waals surface area (Å²) in [5.74, 6) is 0.697. The molecule has 0 aromatic heterocycles. The van der Waals surface area contributed by atoms with Crippen molar-refractivity contribution < 1.29 is 0 Å². The summed E-state index contributed by atoms with van der Waals surface area (Å²) in [6.45, 7) is 3.18. The van der Waals surface area contributed by atoms with Crippen molar-refractivity contribution in [1.82, 2.24) is 5.32 Å². The molecule has 1 nitrogen and oxygen atoms in total. The Kier molecular flexibility index (Phi) is 4.23. The third-order valence-corrected chi connectivity index (χ3v) is 4.93. The van der Waals surface area contributed by atoms with Crippen LogP contribution in [0.4, 0.5) is 0 Å². The Bertz CT molecular complexity index is 593. The fourth-order valence-electron chi connectivity index (χ4n) is 3.18. The van der Waals surface area contributed by atoms with E-state index in [1.807, 2.05) is 0 Å². The van der Waals surface area contributed by atoms with Crippen molar-refractivity contribution in [2.75, 3.05) is 6.54 Å². The van der Waals surface area contributed by atoms with Gasteiger partial charge in [0.05, 0.1) is 0 Å². The predicted octanol–water partition coefficient (Wildman–Crippen LogP) is 4.83. The lowest BCUT2D eigenvalue weighted by Crippen LogP contribution is -2.27. The number of hydrogen-bond donors (Lipinski definition) is 1. The summed E-state index contributed by atoms with van der Waals surface area (Å²) in [6.07, 6.45) is 2.40. The Morgan fingerprint density at radius 1 is 1.15 bits per heavy atom. The molecule has 1 aliphatic carbocycles. The summed E-state index contributed by atoms with van der Waals surface area (Å²) in [5, 5.41) is 3.64. The summed E-state index contributed by atoms with van der Waals surface area (Å²) in [7, 11) is 0. The van der Waals surface area contributed by atoms with Crippen molar-refractivity contribution in [2.45, 2.75) is 31.7 Å². The molecule has 0 heterocycles. The highest BCUT2D eigenvalue weighted by Crippen LogP contribution is 2.41. The van der Waals surface area contributed by atoms with E-state index in [0.717, 1.165) is 6.54 Å². The number of fused-ring (bicyclic) bond motifs is 1. The smallest absolute Gasteiger partial charge is 0.0337 e. The minimum Gasteiger partial charge on any atom is -0.310 e. The maximum Gasteiger partial charge on any atom is 0.0337 e. The molecule has 20 heavy (non-hydrogen) atoms. The fraction of sp³-hybridized carbons (Fsp3) is 0.333. The second-order valence-electron chi connectivity index (χ2n) is 5.47. The first kappa shape index (κ1) is 13.8. The van der Waals surface area contributed by atoms with E-state index in [-0.39, 0.29) is 0 Å². The first-order chi connectivity index (χ1) is 9.79. The number of halogens is 1. The van der Waals surface area contributed by atoms with Crippen molar-refractivity contribution in [3.05, 3.63) is 69.7 Å². The number of rotatable bonds is 5. The van der Waals surface area contributed by atoms with E-state index in [1.54, 1.807) is 5.56 Å². The number of benzene rings is 2. The second kappa shape index (κ2) is 6.11. The highest BCUT2D eigenvalue weighted by molar-refractivity contribution is 9.10. The van der Waals surface area contributed by atoms with Crippen LogP contribution in [0.1, 0.15) is 42.0 Å². The molecule has 2 heteroatoms. The van der Waals surface area contributed by atoms with Gasteiger partial charge in [-0.25, -0.2) is 0 Å². The lowest BCUT2D eigenvalue weighted by molar-refractivity contribution is 0.435. The van der Waals surface area contributed by atoms with E-state index in [4.69, 9.17) is 0 Å². The van der Waals surface area contributed by atoms with Crippen LogP contribution in [0.3, 0.4) is 0 Å². The topological polar surface area (TPSA) is 12.0 Å². The van der Waals surface area contributed by atoms with Crippen molar-refractivity contribution in [3.63, 3.8) is 0 Å². The average molecular weight is 330 g/mol. The molecule has 1 N–H and O–H groups in total. The molecule has 3 rings (SSSR count). The third kappa shape index (κ3) is 2.68. The van der Waals surface area contributed by atoms with E-state index in [2.05, 4.69) is 76.7 Å². The molecule has 0 spiro atoms. The van der Waals surface area contributed by atoms with Crippen LogP contribution in [0, 0.1) is 0 Å². The predicted molar refractivity (Wildman–Crippen MR) is 88.1 cm³/mol. The van der Waals surface area contributed by atoms with Gasteiger partial charge in [-0.15, -0.1) is 0 Å². The van der Waals surface area contributed by atoms with Gasteiger partial charge in [0, 0.05) is 10.5 Å². The molecule has 2 aromatic rings. The third-order valence-electron chi connectivity index (χ3n) is 4.21. The fourth-order valence-corrected chi connectivity index (χ4v) is 3.74. The highest BCUT2D eigenvalue weighted by atomic mass is 79.9. The maximum absolute atomic E-state index is 3.69. The quantitative estimate of drug-likeness (QED) is 0.828. The minimum absolute atomic E-state index is 0.425. The Morgan fingerprint density at radius 2 is 1.90 bits per heavy atom. The number of hydrogen-bond acceptors (Lipinski definition) is 1. The van der Waals surface area contributed by atoms with Gasteiger partial charge in [-0.05, 0) is 48.1 Å². The van der Waals surface area contributed by atoms with E-state index >= 15 is 0 Å². The molecule has 2 unspecified atom stereocenters. The van der Waals surface area contributed by atoms with E-state index < -0.39 is 0 Å². The van der Waals surface area contributed by atoms with Gasteiger partial charge in [0.2, 0.25) is 0 Å². The second-order valence-corrected chi connectivity index (χ2v) is 6.32. The van der Waals surface area contributed by atoms with Crippen molar-refractivity contribution >= 4 is 15.9 Å². The minimum atomic E-state index is 0.425. The van der Waals surface area contributed by atoms with E-state index in [9.17, 15) is 0 Å². The van der Waals surface area contributed by atoms with Crippen LogP contribution in [0.15, 0.2) is 53.0 Å². The normalized spacial score (nSPS) is 18.2. The monoisotopic (exact) mass is 329 g/mol. The summed E-state index contributed by atoms with van der Waals surface area (Å²) in [5.41, 5.74) is 4.45. The molecule has 0 aliphatic heterocycles. The zero-order chi connectivity index (χ0) is 13.9. The lowest BCUT2D eigenvalue weighted by atomic mass is 9.74. The molecule has 2 atom stereocenters. The summed E-state index contributed by atoms with van der Waals surface area (Å²) in [6, 6.07) is 17.8. The highest BCUT2D eigenvalue weighted by Gasteiger charge is 2.28. The van der Waals surface area contributed by atoms with Gasteiger partial charge >= 0.3 is 0 Å². The SMILES string of the molecule is CCNC(CC1Cc2ccccc21)c1ccccc1Br. The summed E-state index contributed by atoms with van der Waals surface area (Å²) in [4.78, 5) is 0. The van der Waals surface area contributed by atoms with Crippen molar-refractivity contribution in [3.8, 4) is 0 Å². The maximum atomic E-state index is 3.69. The Labute approximate surface area is 129 Å².